The molecular formula is C20H20ClFN6O. The fourth-order valence-corrected chi connectivity index (χ4v) is 2.85. The van der Waals surface area contributed by atoms with Gasteiger partial charge >= 0.3 is 0 Å². The lowest BCUT2D eigenvalue weighted by atomic mass is 9.98. The molecule has 0 saturated carbocycles. The van der Waals surface area contributed by atoms with E-state index in [2.05, 4.69) is 25.6 Å². The molecule has 0 atom stereocenters. The monoisotopic (exact) mass is 414 g/mol. The number of halogens is 2. The van der Waals surface area contributed by atoms with Crippen LogP contribution in [-0.2, 0) is 5.60 Å². The first-order valence-corrected chi connectivity index (χ1v) is 9.10. The van der Waals surface area contributed by atoms with Crippen LogP contribution in [0, 0.1) is 18.2 Å². The Labute approximate surface area is 172 Å². The second-order valence-corrected chi connectivity index (χ2v) is 7.38. The first-order chi connectivity index (χ1) is 13.7. The van der Waals surface area contributed by atoms with Gasteiger partial charge in [0.1, 0.15) is 23.8 Å². The first-order valence-electron chi connectivity index (χ1n) is 8.72. The zero-order chi connectivity index (χ0) is 21.2. The van der Waals surface area contributed by atoms with Crippen LogP contribution >= 0.6 is 11.6 Å². The summed E-state index contributed by atoms with van der Waals surface area (Å²) in [5, 5.41) is 23.8. The summed E-state index contributed by atoms with van der Waals surface area (Å²) in [5.74, 6) is 0.376. The highest BCUT2D eigenvalue weighted by molar-refractivity contribution is 6.33. The smallest absolute Gasteiger partial charge is 0.148 e. The van der Waals surface area contributed by atoms with Crippen LogP contribution in [0.1, 0.15) is 30.7 Å². The molecule has 150 valence electrons. The molecule has 7 nitrogen and oxygen atoms in total. The highest BCUT2D eigenvalue weighted by Crippen LogP contribution is 2.34. The summed E-state index contributed by atoms with van der Waals surface area (Å²) in [7, 11) is 0. The van der Waals surface area contributed by atoms with Crippen LogP contribution in [0.5, 0.6) is 0 Å². The Morgan fingerprint density at radius 3 is 2.45 bits per heavy atom. The van der Waals surface area contributed by atoms with Gasteiger partial charge in [0.05, 0.1) is 22.0 Å². The van der Waals surface area contributed by atoms with Gasteiger partial charge in [-0.3, -0.25) is 0 Å². The molecule has 0 aliphatic carbocycles. The second kappa shape index (κ2) is 8.10. The fraction of sp³-hybridized carbons (Fsp3) is 0.200. The van der Waals surface area contributed by atoms with Crippen LogP contribution in [0.25, 0.3) is 0 Å². The lowest BCUT2D eigenvalue weighted by molar-refractivity contribution is 0.0783. The molecule has 0 amide bonds. The summed E-state index contributed by atoms with van der Waals surface area (Å²) in [6, 6.07) is 6.10. The molecular weight excluding hydrogens is 395 g/mol. The predicted octanol–water partition coefficient (Wildman–Crippen LogP) is 4.68. The molecule has 0 saturated heterocycles. The van der Waals surface area contributed by atoms with Crippen LogP contribution in [0.15, 0.2) is 36.8 Å². The number of nitrogens with zero attached hydrogens (tertiary/aromatic N) is 3. The number of pyridine rings is 1. The van der Waals surface area contributed by atoms with Crippen LogP contribution in [0.3, 0.4) is 0 Å². The van der Waals surface area contributed by atoms with E-state index in [1.54, 1.807) is 26.0 Å². The maximum atomic E-state index is 14.7. The molecule has 4 N–H and O–H groups in total. The zero-order valence-corrected chi connectivity index (χ0v) is 16.8. The number of anilines is 4. The van der Waals surface area contributed by atoms with E-state index >= 15 is 0 Å². The Morgan fingerprint density at radius 1 is 1.10 bits per heavy atom. The van der Waals surface area contributed by atoms with Gasteiger partial charge in [-0.25, -0.2) is 19.3 Å². The third-order valence-corrected chi connectivity index (χ3v) is 4.46. The van der Waals surface area contributed by atoms with Crippen molar-refractivity contribution < 1.29 is 9.50 Å². The Bertz CT molecular complexity index is 1040. The van der Waals surface area contributed by atoms with Crippen molar-refractivity contribution in [1.82, 2.24) is 15.0 Å². The molecule has 3 rings (SSSR count). The van der Waals surface area contributed by atoms with Gasteiger partial charge in [0.25, 0.3) is 0 Å². The molecule has 0 fully saturated rings. The van der Waals surface area contributed by atoms with Crippen molar-refractivity contribution in [2.75, 3.05) is 10.6 Å². The van der Waals surface area contributed by atoms with E-state index in [0.29, 0.717) is 28.5 Å². The Balaban J connectivity index is 1.95. The van der Waals surface area contributed by atoms with Crippen molar-refractivity contribution in [3.63, 3.8) is 0 Å². The summed E-state index contributed by atoms with van der Waals surface area (Å²) in [4.78, 5) is 12.4. The third kappa shape index (κ3) is 4.85. The van der Waals surface area contributed by atoms with Crippen molar-refractivity contribution in [2.24, 2.45) is 0 Å². The van der Waals surface area contributed by atoms with Crippen LogP contribution < -0.4 is 10.6 Å². The lowest BCUT2D eigenvalue weighted by Gasteiger charge is -2.20. The number of aryl methyl sites for hydroxylation is 1. The van der Waals surface area contributed by atoms with Crippen LogP contribution in [0.2, 0.25) is 5.02 Å². The van der Waals surface area contributed by atoms with Gasteiger partial charge in [0.15, 0.2) is 0 Å². The number of hydrogen-bond donors (Lipinski definition) is 4. The van der Waals surface area contributed by atoms with Crippen molar-refractivity contribution in [3.05, 3.63) is 64.5 Å². The number of benzene rings is 1. The lowest BCUT2D eigenvalue weighted by Crippen LogP contribution is -2.16. The first kappa shape index (κ1) is 20.6. The van der Waals surface area contributed by atoms with Gasteiger partial charge in [-0.05, 0) is 38.5 Å². The Kier molecular flexibility index (Phi) is 5.76. The molecule has 0 aliphatic heterocycles. The molecule has 0 radical (unpaired) electrons. The maximum absolute atomic E-state index is 14.7. The fourth-order valence-electron chi connectivity index (χ4n) is 2.59. The standard InChI is InChI=1S/C20H20ClFN6O/c1-11-4-17(26-10-25-11)28-18-7-16(12(8-23)9-24-18)27-19-14(21)5-13(6-15(19)22)20(2,3)29/h4-10,23,29H,1-3H3,(H2,24,25,26,27,28). The summed E-state index contributed by atoms with van der Waals surface area (Å²) < 4.78 is 14.7. The van der Waals surface area contributed by atoms with E-state index in [1.807, 2.05) is 6.92 Å². The molecule has 3 aromatic rings. The van der Waals surface area contributed by atoms with Crippen molar-refractivity contribution in [1.29, 1.82) is 5.41 Å². The SMILES string of the molecule is Cc1cc(Nc2cc(Nc3c(F)cc(C(C)(C)O)cc3Cl)c(C=N)cn2)ncn1. The minimum absolute atomic E-state index is 0.0396. The van der Waals surface area contributed by atoms with Crippen molar-refractivity contribution in [2.45, 2.75) is 26.4 Å². The molecule has 0 bridgehead atoms. The Hall–Kier alpha value is -3.10. The highest BCUT2D eigenvalue weighted by atomic mass is 35.5. The molecule has 1 aromatic carbocycles. The van der Waals surface area contributed by atoms with Gasteiger partial charge in [-0.15, -0.1) is 0 Å². The number of hydrogen-bond acceptors (Lipinski definition) is 7. The van der Waals surface area contributed by atoms with Crippen molar-refractivity contribution >= 4 is 40.8 Å². The zero-order valence-electron chi connectivity index (χ0n) is 16.1. The van der Waals surface area contributed by atoms with Crippen LogP contribution in [-0.4, -0.2) is 26.3 Å². The minimum atomic E-state index is -1.23. The van der Waals surface area contributed by atoms with E-state index in [0.717, 1.165) is 11.9 Å². The molecule has 0 aliphatic rings. The number of nitrogens with one attached hydrogen (secondary N) is 3. The predicted molar refractivity (Wildman–Crippen MR) is 112 cm³/mol. The average Bonchev–Trinajstić information content (AvgIpc) is 2.64. The van der Waals surface area contributed by atoms with E-state index in [1.165, 1.54) is 24.7 Å². The van der Waals surface area contributed by atoms with Gasteiger partial charge in [-0.2, -0.15) is 0 Å². The van der Waals surface area contributed by atoms with Gasteiger partial charge in [-0.1, -0.05) is 11.6 Å². The number of aromatic nitrogens is 3. The van der Waals surface area contributed by atoms with Gasteiger partial charge in [0, 0.05) is 35.8 Å². The molecule has 29 heavy (non-hydrogen) atoms. The van der Waals surface area contributed by atoms with E-state index in [9.17, 15) is 9.50 Å². The van der Waals surface area contributed by atoms with Crippen LogP contribution in [0.4, 0.5) is 27.4 Å². The van der Waals surface area contributed by atoms with E-state index < -0.39 is 11.4 Å². The maximum Gasteiger partial charge on any atom is 0.148 e. The summed E-state index contributed by atoms with van der Waals surface area (Å²) in [5.41, 5.74) is 0.827. The topological polar surface area (TPSA) is 107 Å². The minimum Gasteiger partial charge on any atom is -0.386 e. The third-order valence-electron chi connectivity index (χ3n) is 4.16. The van der Waals surface area contributed by atoms with Crippen molar-refractivity contribution in [3.8, 4) is 0 Å². The number of aliphatic hydroxyl groups is 1. The highest BCUT2D eigenvalue weighted by Gasteiger charge is 2.21. The molecule has 2 heterocycles. The largest absolute Gasteiger partial charge is 0.386 e. The second-order valence-electron chi connectivity index (χ2n) is 6.97. The average molecular weight is 415 g/mol. The Morgan fingerprint density at radius 2 is 1.83 bits per heavy atom. The van der Waals surface area contributed by atoms with Gasteiger partial charge < -0.3 is 21.1 Å². The molecule has 9 heteroatoms. The van der Waals surface area contributed by atoms with Gasteiger partial charge in [0.2, 0.25) is 0 Å². The quantitative estimate of drug-likeness (QED) is 0.436. The summed E-state index contributed by atoms with van der Waals surface area (Å²) in [6.45, 7) is 4.94. The molecule has 0 spiro atoms. The summed E-state index contributed by atoms with van der Waals surface area (Å²) >= 11 is 6.25. The van der Waals surface area contributed by atoms with E-state index in [4.69, 9.17) is 17.0 Å². The summed E-state index contributed by atoms with van der Waals surface area (Å²) in [6.07, 6.45) is 4.01. The molecule has 0 unspecified atom stereocenters. The number of rotatable bonds is 6. The normalized spacial score (nSPS) is 11.2. The van der Waals surface area contributed by atoms with E-state index in [-0.39, 0.29) is 10.7 Å². The molecule has 2 aromatic heterocycles.